The molecular weight excluding hydrogens is 376 g/mol. The van der Waals surface area contributed by atoms with Gasteiger partial charge in [0.1, 0.15) is 5.75 Å². The maximum absolute atomic E-state index is 12.7. The standard InChI is InChI=1S/C22H25ClN2O3/c1-15(28-18-11-7-8-16(23)14-18)21(26)25-20-13-6-5-12-19(20)22(27)24-17-9-3-2-4-10-17/h5-8,11-15,17H,2-4,9-10H2,1H3,(H,24,27)(H,25,26)/t15-/m1/s1. The van der Waals surface area contributed by atoms with E-state index in [2.05, 4.69) is 10.6 Å². The molecule has 1 saturated carbocycles. The number of halogens is 1. The quantitative estimate of drug-likeness (QED) is 0.731. The predicted molar refractivity (Wildman–Crippen MR) is 111 cm³/mol. The first-order valence-corrected chi connectivity index (χ1v) is 10.0. The maximum Gasteiger partial charge on any atom is 0.265 e. The van der Waals surface area contributed by atoms with E-state index < -0.39 is 6.10 Å². The monoisotopic (exact) mass is 400 g/mol. The van der Waals surface area contributed by atoms with Gasteiger partial charge >= 0.3 is 0 Å². The van der Waals surface area contributed by atoms with Crippen LogP contribution in [0.4, 0.5) is 5.69 Å². The Morgan fingerprint density at radius 3 is 2.57 bits per heavy atom. The summed E-state index contributed by atoms with van der Waals surface area (Å²) in [6.45, 7) is 1.65. The second-order valence-electron chi connectivity index (χ2n) is 7.06. The van der Waals surface area contributed by atoms with Crippen molar-refractivity contribution in [1.29, 1.82) is 0 Å². The number of hydrogen-bond acceptors (Lipinski definition) is 3. The zero-order valence-corrected chi connectivity index (χ0v) is 16.7. The van der Waals surface area contributed by atoms with Gasteiger partial charge in [0, 0.05) is 11.1 Å². The number of rotatable bonds is 6. The van der Waals surface area contributed by atoms with E-state index in [0.29, 0.717) is 22.0 Å². The summed E-state index contributed by atoms with van der Waals surface area (Å²) in [6, 6.07) is 14.1. The van der Waals surface area contributed by atoms with Gasteiger partial charge in [-0.2, -0.15) is 0 Å². The number of carbonyl (C=O) groups is 2. The van der Waals surface area contributed by atoms with Crippen molar-refractivity contribution in [3.63, 3.8) is 0 Å². The lowest BCUT2D eigenvalue weighted by Gasteiger charge is -2.23. The molecule has 0 unspecified atom stereocenters. The Bertz CT molecular complexity index is 834. The third-order valence-corrected chi connectivity index (χ3v) is 5.08. The van der Waals surface area contributed by atoms with Crippen molar-refractivity contribution in [2.45, 2.75) is 51.2 Å². The van der Waals surface area contributed by atoms with E-state index in [1.54, 1.807) is 55.5 Å². The largest absolute Gasteiger partial charge is 0.481 e. The molecule has 0 saturated heterocycles. The molecule has 1 atom stereocenters. The molecule has 0 aliphatic heterocycles. The van der Waals surface area contributed by atoms with Crippen molar-refractivity contribution in [3.05, 3.63) is 59.1 Å². The zero-order chi connectivity index (χ0) is 19.9. The van der Waals surface area contributed by atoms with Crippen LogP contribution in [0.2, 0.25) is 5.02 Å². The first kappa shape index (κ1) is 20.2. The highest BCUT2D eigenvalue weighted by Gasteiger charge is 2.21. The van der Waals surface area contributed by atoms with Crippen LogP contribution in [-0.4, -0.2) is 24.0 Å². The fraction of sp³-hybridized carbons (Fsp3) is 0.364. The van der Waals surface area contributed by atoms with Gasteiger partial charge in [0.2, 0.25) is 0 Å². The fourth-order valence-corrected chi connectivity index (χ4v) is 3.51. The number of anilines is 1. The lowest BCUT2D eigenvalue weighted by Crippen LogP contribution is -2.37. The van der Waals surface area contributed by atoms with Crippen molar-refractivity contribution >= 4 is 29.1 Å². The SMILES string of the molecule is C[C@@H](Oc1cccc(Cl)c1)C(=O)Nc1ccccc1C(=O)NC1CCCCC1. The predicted octanol–water partition coefficient (Wildman–Crippen LogP) is 4.81. The molecule has 28 heavy (non-hydrogen) atoms. The van der Waals surface area contributed by atoms with Gasteiger partial charge in [-0.25, -0.2) is 0 Å². The summed E-state index contributed by atoms with van der Waals surface area (Å²) in [4.78, 5) is 25.3. The van der Waals surface area contributed by atoms with E-state index in [-0.39, 0.29) is 17.9 Å². The van der Waals surface area contributed by atoms with Gasteiger partial charge in [0.05, 0.1) is 11.3 Å². The lowest BCUT2D eigenvalue weighted by molar-refractivity contribution is -0.122. The molecule has 0 spiro atoms. The number of benzene rings is 2. The average molecular weight is 401 g/mol. The average Bonchev–Trinajstić information content (AvgIpc) is 2.69. The zero-order valence-electron chi connectivity index (χ0n) is 15.9. The van der Waals surface area contributed by atoms with Crippen LogP contribution in [0.1, 0.15) is 49.4 Å². The normalized spacial score (nSPS) is 15.5. The minimum absolute atomic E-state index is 0.161. The number of para-hydroxylation sites is 1. The molecule has 6 heteroatoms. The molecule has 2 aromatic rings. The Morgan fingerprint density at radius 2 is 1.82 bits per heavy atom. The van der Waals surface area contributed by atoms with Crippen molar-refractivity contribution in [2.75, 3.05) is 5.32 Å². The van der Waals surface area contributed by atoms with Crippen molar-refractivity contribution in [2.24, 2.45) is 0 Å². The molecule has 3 rings (SSSR count). The van der Waals surface area contributed by atoms with Gasteiger partial charge in [-0.1, -0.05) is 49.1 Å². The van der Waals surface area contributed by atoms with Crippen molar-refractivity contribution < 1.29 is 14.3 Å². The van der Waals surface area contributed by atoms with E-state index in [1.807, 2.05) is 0 Å². The van der Waals surface area contributed by atoms with E-state index in [4.69, 9.17) is 16.3 Å². The summed E-state index contributed by atoms with van der Waals surface area (Å²) in [5.41, 5.74) is 0.929. The Labute approximate surface area is 170 Å². The van der Waals surface area contributed by atoms with Gasteiger partial charge in [0.25, 0.3) is 11.8 Å². The second kappa shape index (κ2) is 9.60. The molecule has 1 fully saturated rings. The summed E-state index contributed by atoms with van der Waals surface area (Å²) in [5.74, 6) is 0.0163. The Morgan fingerprint density at radius 1 is 1.07 bits per heavy atom. The summed E-state index contributed by atoms with van der Waals surface area (Å²) < 4.78 is 5.65. The van der Waals surface area contributed by atoms with Crippen LogP contribution < -0.4 is 15.4 Å². The molecule has 1 aliphatic carbocycles. The number of nitrogens with one attached hydrogen (secondary N) is 2. The highest BCUT2D eigenvalue weighted by atomic mass is 35.5. The van der Waals surface area contributed by atoms with Crippen molar-refractivity contribution in [3.8, 4) is 5.75 Å². The van der Waals surface area contributed by atoms with Crippen LogP contribution in [0.3, 0.4) is 0 Å². The molecule has 2 aromatic carbocycles. The molecule has 0 aromatic heterocycles. The van der Waals surface area contributed by atoms with Crippen LogP contribution in [-0.2, 0) is 4.79 Å². The summed E-state index contributed by atoms with van der Waals surface area (Å²) in [5, 5.41) is 6.43. The summed E-state index contributed by atoms with van der Waals surface area (Å²) in [6.07, 6.45) is 4.77. The number of ether oxygens (including phenoxy) is 1. The van der Waals surface area contributed by atoms with Crippen LogP contribution in [0.25, 0.3) is 0 Å². The summed E-state index contributed by atoms with van der Waals surface area (Å²) in [7, 11) is 0. The Kier molecular flexibility index (Phi) is 6.93. The molecule has 2 amide bonds. The fourth-order valence-electron chi connectivity index (χ4n) is 3.33. The van der Waals surface area contributed by atoms with Crippen LogP contribution in [0.5, 0.6) is 5.75 Å². The highest BCUT2D eigenvalue weighted by Crippen LogP contribution is 2.21. The van der Waals surface area contributed by atoms with Gasteiger partial charge in [-0.05, 0) is 50.1 Å². The van der Waals surface area contributed by atoms with Crippen LogP contribution in [0.15, 0.2) is 48.5 Å². The number of amides is 2. The van der Waals surface area contributed by atoms with E-state index in [9.17, 15) is 9.59 Å². The molecular formula is C22H25ClN2O3. The third-order valence-electron chi connectivity index (χ3n) is 4.85. The van der Waals surface area contributed by atoms with E-state index in [1.165, 1.54) is 6.42 Å². The first-order valence-electron chi connectivity index (χ1n) is 9.66. The smallest absolute Gasteiger partial charge is 0.265 e. The van der Waals surface area contributed by atoms with Crippen LogP contribution in [0, 0.1) is 0 Å². The van der Waals surface area contributed by atoms with Gasteiger partial charge in [0.15, 0.2) is 6.10 Å². The van der Waals surface area contributed by atoms with Crippen LogP contribution >= 0.6 is 11.6 Å². The second-order valence-corrected chi connectivity index (χ2v) is 7.50. The van der Waals surface area contributed by atoms with Gasteiger partial charge in [-0.3, -0.25) is 9.59 Å². The Hall–Kier alpha value is -2.53. The number of carbonyl (C=O) groups excluding carboxylic acids is 2. The third kappa shape index (κ3) is 5.49. The summed E-state index contributed by atoms with van der Waals surface area (Å²) >= 11 is 5.95. The number of hydrogen-bond donors (Lipinski definition) is 2. The minimum Gasteiger partial charge on any atom is -0.481 e. The topological polar surface area (TPSA) is 67.4 Å². The molecule has 0 heterocycles. The molecule has 2 N–H and O–H groups in total. The van der Waals surface area contributed by atoms with E-state index in [0.717, 1.165) is 25.7 Å². The van der Waals surface area contributed by atoms with E-state index >= 15 is 0 Å². The Balaban J connectivity index is 1.64. The molecule has 5 nitrogen and oxygen atoms in total. The lowest BCUT2D eigenvalue weighted by atomic mass is 9.95. The highest BCUT2D eigenvalue weighted by molar-refractivity contribution is 6.30. The molecule has 0 radical (unpaired) electrons. The maximum atomic E-state index is 12.7. The minimum atomic E-state index is -0.743. The molecule has 148 valence electrons. The first-order chi connectivity index (χ1) is 13.5. The van der Waals surface area contributed by atoms with Gasteiger partial charge < -0.3 is 15.4 Å². The van der Waals surface area contributed by atoms with Crippen molar-refractivity contribution in [1.82, 2.24) is 5.32 Å². The molecule has 0 bridgehead atoms. The molecule has 1 aliphatic rings. The van der Waals surface area contributed by atoms with Gasteiger partial charge in [-0.15, -0.1) is 0 Å².